The van der Waals surface area contributed by atoms with Gasteiger partial charge >= 0.3 is 6.18 Å². The molecular weight excluding hydrogens is 393 g/mol. The molecule has 0 atom stereocenters. The van der Waals surface area contributed by atoms with Crippen LogP contribution in [-0.2, 0) is 17.8 Å². The summed E-state index contributed by atoms with van der Waals surface area (Å²) in [5.41, 5.74) is 1.05. The number of Topliss-reactive ketones (excluding diaryl/α,β-unsaturated/α-hetero) is 1. The molecule has 0 aliphatic heterocycles. The SMILES string of the molecule is COc1nc(OCC(F)(F)F)ccc1CNC(=O)c1cc(C)nc(CC(C)=O)n1. The smallest absolute Gasteiger partial charge is 0.422 e. The summed E-state index contributed by atoms with van der Waals surface area (Å²) in [5, 5.41) is 2.62. The average molecular weight is 412 g/mol. The van der Waals surface area contributed by atoms with Gasteiger partial charge in [-0.25, -0.2) is 9.97 Å². The number of aromatic nitrogens is 3. The predicted octanol–water partition coefficient (Wildman–Crippen LogP) is 2.19. The second-order valence-corrected chi connectivity index (χ2v) is 6.09. The third-order valence-electron chi connectivity index (χ3n) is 3.47. The van der Waals surface area contributed by atoms with E-state index in [1.54, 1.807) is 6.92 Å². The lowest BCUT2D eigenvalue weighted by atomic mass is 10.2. The summed E-state index contributed by atoms with van der Waals surface area (Å²) in [6.07, 6.45) is -4.47. The zero-order valence-corrected chi connectivity index (χ0v) is 16.0. The highest BCUT2D eigenvalue weighted by atomic mass is 19.4. The van der Waals surface area contributed by atoms with Crippen molar-refractivity contribution in [3.05, 3.63) is 41.0 Å². The van der Waals surface area contributed by atoms with Crippen LogP contribution < -0.4 is 14.8 Å². The third kappa shape index (κ3) is 7.01. The molecule has 0 aliphatic carbocycles. The van der Waals surface area contributed by atoms with Crippen LogP contribution in [0.25, 0.3) is 0 Å². The fourth-order valence-electron chi connectivity index (χ4n) is 2.31. The first kappa shape index (κ1) is 22.1. The van der Waals surface area contributed by atoms with Gasteiger partial charge in [-0.3, -0.25) is 9.59 Å². The molecule has 29 heavy (non-hydrogen) atoms. The second kappa shape index (κ2) is 9.30. The van der Waals surface area contributed by atoms with Crippen molar-refractivity contribution in [2.75, 3.05) is 13.7 Å². The Morgan fingerprint density at radius 1 is 1.17 bits per heavy atom. The maximum Gasteiger partial charge on any atom is 0.422 e. The van der Waals surface area contributed by atoms with Crippen LogP contribution in [0.4, 0.5) is 13.2 Å². The van der Waals surface area contributed by atoms with Crippen molar-refractivity contribution in [1.82, 2.24) is 20.3 Å². The number of carbonyl (C=O) groups excluding carboxylic acids is 2. The Hall–Kier alpha value is -3.24. The number of carbonyl (C=O) groups is 2. The molecular formula is C18H19F3N4O4. The topological polar surface area (TPSA) is 103 Å². The summed E-state index contributed by atoms with van der Waals surface area (Å²) >= 11 is 0. The Labute approximate surface area is 164 Å². The summed E-state index contributed by atoms with van der Waals surface area (Å²) < 4.78 is 46.3. The third-order valence-corrected chi connectivity index (χ3v) is 3.47. The van der Waals surface area contributed by atoms with Crippen molar-refractivity contribution >= 4 is 11.7 Å². The number of hydrogen-bond acceptors (Lipinski definition) is 7. The van der Waals surface area contributed by atoms with Gasteiger partial charge in [0.2, 0.25) is 11.8 Å². The van der Waals surface area contributed by atoms with Gasteiger partial charge in [-0.2, -0.15) is 18.2 Å². The van der Waals surface area contributed by atoms with Crippen LogP contribution in [0, 0.1) is 6.92 Å². The average Bonchev–Trinajstić information content (AvgIpc) is 2.63. The lowest BCUT2D eigenvalue weighted by molar-refractivity contribution is -0.154. The molecule has 0 radical (unpaired) electrons. The van der Waals surface area contributed by atoms with Gasteiger partial charge in [-0.1, -0.05) is 0 Å². The molecule has 0 unspecified atom stereocenters. The van der Waals surface area contributed by atoms with Crippen LogP contribution in [0.3, 0.4) is 0 Å². The molecule has 156 valence electrons. The molecule has 0 saturated carbocycles. The van der Waals surface area contributed by atoms with Gasteiger partial charge in [0.05, 0.1) is 13.5 Å². The molecule has 2 aromatic heterocycles. The first-order valence-corrected chi connectivity index (χ1v) is 8.43. The van der Waals surface area contributed by atoms with Gasteiger partial charge in [0.15, 0.2) is 6.61 Å². The van der Waals surface area contributed by atoms with E-state index in [0.29, 0.717) is 11.3 Å². The molecule has 11 heteroatoms. The van der Waals surface area contributed by atoms with Crippen LogP contribution in [0.1, 0.15) is 34.5 Å². The molecule has 0 saturated heterocycles. The van der Waals surface area contributed by atoms with Crippen molar-refractivity contribution in [1.29, 1.82) is 0 Å². The predicted molar refractivity (Wildman–Crippen MR) is 94.7 cm³/mol. The number of methoxy groups -OCH3 is 1. The zero-order valence-electron chi connectivity index (χ0n) is 16.0. The van der Waals surface area contributed by atoms with Crippen LogP contribution in [0.5, 0.6) is 11.8 Å². The van der Waals surface area contributed by atoms with Gasteiger partial charge < -0.3 is 14.8 Å². The highest BCUT2D eigenvalue weighted by molar-refractivity contribution is 5.92. The number of halogens is 3. The number of amides is 1. The lowest BCUT2D eigenvalue weighted by Gasteiger charge is -2.12. The van der Waals surface area contributed by atoms with E-state index in [2.05, 4.69) is 25.0 Å². The van der Waals surface area contributed by atoms with E-state index in [4.69, 9.17) is 4.74 Å². The van der Waals surface area contributed by atoms with Crippen molar-refractivity contribution in [2.45, 2.75) is 33.0 Å². The van der Waals surface area contributed by atoms with E-state index in [9.17, 15) is 22.8 Å². The minimum Gasteiger partial charge on any atom is -0.481 e. The fourth-order valence-corrected chi connectivity index (χ4v) is 2.31. The van der Waals surface area contributed by atoms with Gasteiger partial charge in [0, 0.05) is 23.9 Å². The van der Waals surface area contributed by atoms with E-state index in [-0.39, 0.29) is 42.0 Å². The Bertz CT molecular complexity index is 903. The molecule has 2 aromatic rings. The minimum atomic E-state index is -4.49. The van der Waals surface area contributed by atoms with Gasteiger partial charge in [0.1, 0.15) is 17.3 Å². The standard InChI is InChI=1S/C18H19F3N4O4/c1-10-6-13(24-14(23-10)7-11(2)26)16(27)22-8-12-4-5-15(25-17(12)28-3)29-9-18(19,20)21/h4-6H,7-9H2,1-3H3,(H,22,27). The summed E-state index contributed by atoms with van der Waals surface area (Å²) in [7, 11) is 1.29. The molecule has 0 aromatic carbocycles. The van der Waals surface area contributed by atoms with Crippen LogP contribution in [0.15, 0.2) is 18.2 Å². The van der Waals surface area contributed by atoms with Gasteiger partial charge in [0.25, 0.3) is 5.91 Å². The molecule has 8 nitrogen and oxygen atoms in total. The number of alkyl halides is 3. The largest absolute Gasteiger partial charge is 0.481 e. The van der Waals surface area contributed by atoms with Gasteiger partial charge in [-0.05, 0) is 26.0 Å². The normalized spacial score (nSPS) is 11.1. The number of nitrogens with one attached hydrogen (secondary N) is 1. The van der Waals surface area contributed by atoms with E-state index in [1.807, 2.05) is 0 Å². The fraction of sp³-hybridized carbons (Fsp3) is 0.389. The molecule has 0 fully saturated rings. The highest BCUT2D eigenvalue weighted by Gasteiger charge is 2.28. The monoisotopic (exact) mass is 412 g/mol. The quantitative estimate of drug-likeness (QED) is 0.709. The number of hydrogen-bond donors (Lipinski definition) is 1. The second-order valence-electron chi connectivity index (χ2n) is 6.09. The lowest BCUT2D eigenvalue weighted by Crippen LogP contribution is -2.25. The molecule has 0 bridgehead atoms. The number of nitrogens with zero attached hydrogens (tertiary/aromatic N) is 3. The summed E-state index contributed by atoms with van der Waals surface area (Å²) in [4.78, 5) is 35.7. The van der Waals surface area contributed by atoms with E-state index in [0.717, 1.165) is 0 Å². The molecule has 2 heterocycles. The summed E-state index contributed by atoms with van der Waals surface area (Å²) in [5.74, 6) is -0.644. The first-order valence-electron chi connectivity index (χ1n) is 8.43. The Morgan fingerprint density at radius 3 is 2.52 bits per heavy atom. The number of rotatable bonds is 8. The minimum absolute atomic E-state index is 0.0130. The first-order chi connectivity index (χ1) is 13.6. The van der Waals surface area contributed by atoms with Crippen LogP contribution in [0.2, 0.25) is 0 Å². The zero-order chi connectivity index (χ0) is 21.6. The Balaban J connectivity index is 2.08. The summed E-state index contributed by atoms with van der Waals surface area (Å²) in [6.45, 7) is 1.58. The molecule has 1 amide bonds. The molecule has 2 rings (SSSR count). The molecule has 0 aliphatic rings. The van der Waals surface area contributed by atoms with E-state index in [1.165, 1.54) is 32.2 Å². The number of pyridine rings is 1. The number of ketones is 1. The van der Waals surface area contributed by atoms with Crippen molar-refractivity contribution in [3.63, 3.8) is 0 Å². The molecule has 1 N–H and O–H groups in total. The number of ether oxygens (including phenoxy) is 2. The highest BCUT2D eigenvalue weighted by Crippen LogP contribution is 2.22. The van der Waals surface area contributed by atoms with Crippen molar-refractivity contribution < 1.29 is 32.2 Å². The van der Waals surface area contributed by atoms with Crippen LogP contribution in [-0.4, -0.2) is 46.5 Å². The maximum absolute atomic E-state index is 12.4. The number of aryl methyl sites for hydroxylation is 1. The Morgan fingerprint density at radius 2 is 1.90 bits per heavy atom. The maximum atomic E-state index is 12.4. The molecule has 0 spiro atoms. The van der Waals surface area contributed by atoms with Crippen molar-refractivity contribution in [2.24, 2.45) is 0 Å². The summed E-state index contributed by atoms with van der Waals surface area (Å²) in [6, 6.07) is 4.16. The van der Waals surface area contributed by atoms with Crippen LogP contribution >= 0.6 is 0 Å². The van der Waals surface area contributed by atoms with Crippen molar-refractivity contribution in [3.8, 4) is 11.8 Å². The Kier molecular flexibility index (Phi) is 7.08. The van der Waals surface area contributed by atoms with Gasteiger partial charge in [-0.15, -0.1) is 0 Å². The van der Waals surface area contributed by atoms with E-state index >= 15 is 0 Å². The van der Waals surface area contributed by atoms with E-state index < -0.39 is 18.7 Å².